The number of piperidine rings is 1. The van der Waals surface area contributed by atoms with Crippen LogP contribution in [-0.2, 0) is 19.1 Å². The number of nitrogens with one attached hydrogen (secondary N) is 1. The Morgan fingerprint density at radius 1 is 1.58 bits per heavy atom. The highest BCUT2D eigenvalue weighted by Gasteiger charge is 2.31. The SMILES string of the molecule is CCOC(=O)CC(O)CNC1CCC(=O)N(C)C1=O. The number of carbonyl (C=O) groups is 3. The average Bonchev–Trinajstić information content (AvgIpc) is 2.35. The van der Waals surface area contributed by atoms with Crippen LogP contribution in [-0.4, -0.2) is 60.1 Å². The van der Waals surface area contributed by atoms with Crippen LogP contribution in [0.3, 0.4) is 0 Å². The standard InChI is InChI=1S/C12H20N2O5/c1-3-19-11(17)6-8(15)7-13-9-4-5-10(16)14(2)12(9)18/h8-9,13,15H,3-7H2,1-2H3. The average molecular weight is 272 g/mol. The van der Waals surface area contributed by atoms with Crippen molar-refractivity contribution in [1.29, 1.82) is 0 Å². The Labute approximate surface area is 111 Å². The Bertz CT molecular complexity index is 358. The van der Waals surface area contributed by atoms with Crippen molar-refractivity contribution in [2.24, 2.45) is 0 Å². The Morgan fingerprint density at radius 3 is 2.89 bits per heavy atom. The second-order valence-electron chi connectivity index (χ2n) is 4.45. The van der Waals surface area contributed by atoms with Gasteiger partial charge in [-0.2, -0.15) is 0 Å². The number of hydrogen-bond donors (Lipinski definition) is 2. The maximum Gasteiger partial charge on any atom is 0.308 e. The lowest BCUT2D eigenvalue weighted by Crippen LogP contribution is -2.52. The van der Waals surface area contributed by atoms with E-state index in [2.05, 4.69) is 5.32 Å². The zero-order valence-corrected chi connectivity index (χ0v) is 11.2. The summed E-state index contributed by atoms with van der Waals surface area (Å²) in [6.07, 6.45) is -0.312. The van der Waals surface area contributed by atoms with E-state index in [4.69, 9.17) is 4.74 Å². The van der Waals surface area contributed by atoms with Crippen LogP contribution in [0, 0.1) is 0 Å². The maximum absolute atomic E-state index is 11.7. The van der Waals surface area contributed by atoms with Gasteiger partial charge in [0, 0.05) is 20.0 Å². The van der Waals surface area contributed by atoms with E-state index in [1.165, 1.54) is 7.05 Å². The molecule has 0 radical (unpaired) electrons. The summed E-state index contributed by atoms with van der Waals surface area (Å²) in [6, 6.07) is -0.487. The number of carbonyl (C=O) groups excluding carboxylic acids is 3. The number of likely N-dealkylation sites (N-methyl/N-ethyl adjacent to an activating group) is 1. The van der Waals surface area contributed by atoms with Gasteiger partial charge in [-0.3, -0.25) is 19.3 Å². The fourth-order valence-electron chi connectivity index (χ4n) is 1.87. The molecule has 1 fully saturated rings. The summed E-state index contributed by atoms with van der Waals surface area (Å²) in [4.78, 5) is 35.2. The Balaban J connectivity index is 2.34. The van der Waals surface area contributed by atoms with Gasteiger partial charge in [0.2, 0.25) is 11.8 Å². The third-order valence-electron chi connectivity index (χ3n) is 2.96. The van der Waals surface area contributed by atoms with Crippen molar-refractivity contribution in [3.05, 3.63) is 0 Å². The van der Waals surface area contributed by atoms with E-state index in [-0.39, 0.29) is 31.4 Å². The zero-order chi connectivity index (χ0) is 14.4. The summed E-state index contributed by atoms with van der Waals surface area (Å²) in [7, 11) is 1.44. The molecular formula is C12H20N2O5. The number of imide groups is 1. The van der Waals surface area contributed by atoms with Crippen molar-refractivity contribution >= 4 is 17.8 Å². The lowest BCUT2D eigenvalue weighted by Gasteiger charge is -2.28. The smallest absolute Gasteiger partial charge is 0.308 e. The first kappa shape index (κ1) is 15.6. The summed E-state index contributed by atoms with van der Waals surface area (Å²) in [6.45, 7) is 2.07. The molecule has 2 unspecified atom stereocenters. The molecule has 1 aliphatic heterocycles. The van der Waals surface area contributed by atoms with Gasteiger partial charge in [-0.25, -0.2) is 0 Å². The van der Waals surface area contributed by atoms with Crippen molar-refractivity contribution in [2.75, 3.05) is 20.2 Å². The monoisotopic (exact) mass is 272 g/mol. The number of aliphatic hydroxyl groups is 1. The number of likely N-dealkylation sites (tertiary alicyclic amines) is 1. The molecule has 1 rings (SSSR count). The van der Waals surface area contributed by atoms with Crippen LogP contribution in [0.25, 0.3) is 0 Å². The molecule has 0 aliphatic carbocycles. The minimum Gasteiger partial charge on any atom is -0.466 e. The molecule has 7 heteroatoms. The predicted molar refractivity (Wildman–Crippen MR) is 66.1 cm³/mol. The Hall–Kier alpha value is -1.47. The molecular weight excluding hydrogens is 252 g/mol. The topological polar surface area (TPSA) is 95.9 Å². The molecule has 0 saturated carbocycles. The molecule has 7 nitrogen and oxygen atoms in total. The number of aliphatic hydroxyl groups excluding tert-OH is 1. The molecule has 2 amide bonds. The first-order valence-corrected chi connectivity index (χ1v) is 6.33. The lowest BCUT2D eigenvalue weighted by molar-refractivity contribution is -0.148. The minimum atomic E-state index is -0.908. The largest absolute Gasteiger partial charge is 0.466 e. The highest BCUT2D eigenvalue weighted by molar-refractivity contribution is 6.00. The number of nitrogens with zero attached hydrogens (tertiary/aromatic N) is 1. The highest BCUT2D eigenvalue weighted by Crippen LogP contribution is 2.11. The van der Waals surface area contributed by atoms with E-state index < -0.39 is 18.1 Å². The van der Waals surface area contributed by atoms with Gasteiger partial charge in [-0.15, -0.1) is 0 Å². The first-order valence-electron chi connectivity index (χ1n) is 6.33. The number of esters is 1. The van der Waals surface area contributed by atoms with Crippen LogP contribution >= 0.6 is 0 Å². The van der Waals surface area contributed by atoms with Crippen molar-refractivity contribution in [3.8, 4) is 0 Å². The van der Waals surface area contributed by atoms with Gasteiger partial charge >= 0.3 is 5.97 Å². The van der Waals surface area contributed by atoms with Crippen molar-refractivity contribution < 1.29 is 24.2 Å². The predicted octanol–water partition coefficient (Wildman–Crippen LogP) is -0.962. The summed E-state index contributed by atoms with van der Waals surface area (Å²) >= 11 is 0. The van der Waals surface area contributed by atoms with Gasteiger partial charge in [-0.1, -0.05) is 0 Å². The fourth-order valence-corrected chi connectivity index (χ4v) is 1.87. The van der Waals surface area contributed by atoms with E-state index in [0.717, 1.165) is 4.90 Å². The minimum absolute atomic E-state index is 0.108. The van der Waals surface area contributed by atoms with Gasteiger partial charge in [0.05, 0.1) is 25.2 Å². The molecule has 0 aromatic carbocycles. The van der Waals surface area contributed by atoms with Crippen LogP contribution in [0.15, 0.2) is 0 Å². The van der Waals surface area contributed by atoms with Crippen LogP contribution in [0.2, 0.25) is 0 Å². The number of hydrogen-bond acceptors (Lipinski definition) is 6. The van der Waals surface area contributed by atoms with E-state index in [1.54, 1.807) is 6.92 Å². The van der Waals surface area contributed by atoms with Crippen LogP contribution in [0.4, 0.5) is 0 Å². The second-order valence-corrected chi connectivity index (χ2v) is 4.45. The third-order valence-corrected chi connectivity index (χ3v) is 2.96. The molecule has 0 aromatic heterocycles. The summed E-state index contributed by atoms with van der Waals surface area (Å²) in [5.41, 5.74) is 0. The molecule has 2 atom stereocenters. The van der Waals surface area contributed by atoms with Crippen molar-refractivity contribution in [3.63, 3.8) is 0 Å². The molecule has 2 N–H and O–H groups in total. The lowest BCUT2D eigenvalue weighted by atomic mass is 10.0. The van der Waals surface area contributed by atoms with E-state index in [9.17, 15) is 19.5 Å². The number of amides is 2. The van der Waals surface area contributed by atoms with Gasteiger partial charge < -0.3 is 15.2 Å². The zero-order valence-electron chi connectivity index (χ0n) is 11.2. The fraction of sp³-hybridized carbons (Fsp3) is 0.750. The number of ether oxygens (including phenoxy) is 1. The van der Waals surface area contributed by atoms with Gasteiger partial charge in [0.1, 0.15) is 0 Å². The normalized spacial score (nSPS) is 21.4. The molecule has 1 aliphatic rings. The highest BCUT2D eigenvalue weighted by atomic mass is 16.5. The number of rotatable bonds is 6. The summed E-state index contributed by atoms with van der Waals surface area (Å²) in [5.74, 6) is -0.978. The van der Waals surface area contributed by atoms with Crippen LogP contribution < -0.4 is 5.32 Å². The maximum atomic E-state index is 11.7. The second kappa shape index (κ2) is 7.20. The van der Waals surface area contributed by atoms with E-state index in [0.29, 0.717) is 12.8 Å². The molecule has 0 bridgehead atoms. The van der Waals surface area contributed by atoms with Gasteiger partial charge in [-0.05, 0) is 13.3 Å². The third kappa shape index (κ3) is 4.60. The van der Waals surface area contributed by atoms with Gasteiger partial charge in [0.25, 0.3) is 0 Å². The molecule has 0 aromatic rings. The van der Waals surface area contributed by atoms with Crippen molar-refractivity contribution in [2.45, 2.75) is 38.3 Å². The van der Waals surface area contributed by atoms with Crippen LogP contribution in [0.5, 0.6) is 0 Å². The Kier molecular flexibility index (Phi) is 5.91. The summed E-state index contributed by atoms with van der Waals surface area (Å²) < 4.78 is 4.71. The van der Waals surface area contributed by atoms with Crippen molar-refractivity contribution in [1.82, 2.24) is 10.2 Å². The molecule has 19 heavy (non-hydrogen) atoms. The van der Waals surface area contributed by atoms with Gasteiger partial charge in [0.15, 0.2) is 0 Å². The summed E-state index contributed by atoms with van der Waals surface area (Å²) in [5, 5.41) is 12.5. The molecule has 108 valence electrons. The van der Waals surface area contributed by atoms with E-state index >= 15 is 0 Å². The Morgan fingerprint density at radius 2 is 2.26 bits per heavy atom. The first-order chi connectivity index (χ1) is 8.95. The molecule has 1 saturated heterocycles. The van der Waals surface area contributed by atoms with Crippen LogP contribution in [0.1, 0.15) is 26.2 Å². The molecule has 0 spiro atoms. The quantitative estimate of drug-likeness (QED) is 0.477. The molecule has 1 heterocycles. The van der Waals surface area contributed by atoms with E-state index in [1.807, 2.05) is 0 Å².